The monoisotopic (exact) mass is 392 g/mol. The molecule has 1 saturated heterocycles. The molecule has 158 valence electrons. The van der Waals surface area contributed by atoms with E-state index in [1.54, 1.807) is 0 Å². The Morgan fingerprint density at radius 3 is 2.00 bits per heavy atom. The Labute approximate surface area is 178 Å². The molecule has 1 heterocycles. The van der Waals surface area contributed by atoms with Crippen molar-refractivity contribution >= 4 is 0 Å². The smallest absolute Gasteiger partial charge is 0.0825 e. The van der Waals surface area contributed by atoms with Crippen LogP contribution in [0.15, 0.2) is 48.5 Å². The van der Waals surface area contributed by atoms with Gasteiger partial charge in [0.1, 0.15) is 0 Å². The first kappa shape index (κ1) is 22.1. The summed E-state index contributed by atoms with van der Waals surface area (Å²) in [5.41, 5.74) is 5.38. The summed E-state index contributed by atoms with van der Waals surface area (Å²) in [4.78, 5) is 0. The van der Waals surface area contributed by atoms with Gasteiger partial charge in [0.15, 0.2) is 0 Å². The molecule has 0 amide bonds. The van der Waals surface area contributed by atoms with Gasteiger partial charge >= 0.3 is 0 Å². The maximum atomic E-state index is 6.26. The fourth-order valence-electron chi connectivity index (χ4n) is 4.55. The second kappa shape index (κ2) is 12.2. The summed E-state index contributed by atoms with van der Waals surface area (Å²) in [6, 6.07) is 18.1. The third-order valence-corrected chi connectivity index (χ3v) is 6.44. The molecule has 2 unspecified atom stereocenters. The highest BCUT2D eigenvalue weighted by atomic mass is 16.5. The van der Waals surface area contributed by atoms with E-state index in [0.29, 0.717) is 0 Å². The SMILES string of the molecule is CCCCCCCCC1CCC(c2ccc(-c3ccc(CCC)cc3)cc2)OC1. The molecule has 3 rings (SSSR count). The normalized spacial score (nSPS) is 19.4. The summed E-state index contributed by atoms with van der Waals surface area (Å²) in [6.07, 6.45) is 14.9. The molecular weight excluding hydrogens is 352 g/mol. The topological polar surface area (TPSA) is 9.23 Å². The van der Waals surface area contributed by atoms with Crippen LogP contribution in [-0.4, -0.2) is 6.61 Å². The van der Waals surface area contributed by atoms with Crippen LogP contribution in [0, 0.1) is 5.92 Å². The van der Waals surface area contributed by atoms with Crippen LogP contribution in [0.2, 0.25) is 0 Å². The first-order chi connectivity index (χ1) is 14.3. The van der Waals surface area contributed by atoms with Crippen molar-refractivity contribution in [2.24, 2.45) is 5.92 Å². The van der Waals surface area contributed by atoms with E-state index in [0.717, 1.165) is 18.9 Å². The molecule has 0 aliphatic carbocycles. The van der Waals surface area contributed by atoms with E-state index in [1.165, 1.54) is 86.5 Å². The number of ether oxygens (including phenoxy) is 1. The van der Waals surface area contributed by atoms with E-state index in [-0.39, 0.29) is 6.10 Å². The molecule has 1 aliphatic rings. The standard InChI is InChI=1S/C28H40O/c1-3-5-6-7-8-9-11-24-14-21-28(29-22-24)27-19-17-26(18-20-27)25-15-12-23(10-4-2)13-16-25/h12-13,15-20,24,28H,3-11,14,21-22H2,1-2H3. The van der Waals surface area contributed by atoms with Crippen molar-refractivity contribution in [3.63, 3.8) is 0 Å². The Hall–Kier alpha value is -1.60. The third-order valence-electron chi connectivity index (χ3n) is 6.44. The molecule has 2 aromatic rings. The number of benzene rings is 2. The maximum Gasteiger partial charge on any atom is 0.0825 e. The largest absolute Gasteiger partial charge is 0.373 e. The van der Waals surface area contributed by atoms with Gasteiger partial charge in [0.05, 0.1) is 12.7 Å². The number of aryl methyl sites for hydroxylation is 1. The number of rotatable bonds is 11. The molecule has 2 atom stereocenters. The van der Waals surface area contributed by atoms with Crippen molar-refractivity contribution in [3.8, 4) is 11.1 Å². The Morgan fingerprint density at radius 2 is 1.38 bits per heavy atom. The quantitative estimate of drug-likeness (QED) is 0.348. The first-order valence-electron chi connectivity index (χ1n) is 12.1. The van der Waals surface area contributed by atoms with E-state index in [2.05, 4.69) is 62.4 Å². The van der Waals surface area contributed by atoms with Gasteiger partial charge in [0.2, 0.25) is 0 Å². The van der Waals surface area contributed by atoms with Crippen LogP contribution in [0.5, 0.6) is 0 Å². The molecule has 1 nitrogen and oxygen atoms in total. The van der Waals surface area contributed by atoms with Gasteiger partial charge in [-0.3, -0.25) is 0 Å². The number of hydrogen-bond donors (Lipinski definition) is 0. The Kier molecular flexibility index (Phi) is 9.28. The molecule has 29 heavy (non-hydrogen) atoms. The van der Waals surface area contributed by atoms with Gasteiger partial charge in [-0.25, -0.2) is 0 Å². The van der Waals surface area contributed by atoms with Crippen LogP contribution in [-0.2, 0) is 11.2 Å². The third kappa shape index (κ3) is 7.00. The fourth-order valence-corrected chi connectivity index (χ4v) is 4.55. The van der Waals surface area contributed by atoms with Crippen LogP contribution in [0.4, 0.5) is 0 Å². The van der Waals surface area contributed by atoms with E-state index in [1.807, 2.05) is 0 Å². The summed E-state index contributed by atoms with van der Waals surface area (Å²) in [7, 11) is 0. The Bertz CT molecular complexity index is 677. The maximum absolute atomic E-state index is 6.26. The summed E-state index contributed by atoms with van der Waals surface area (Å²) >= 11 is 0. The van der Waals surface area contributed by atoms with Crippen LogP contribution in [0.3, 0.4) is 0 Å². The average molecular weight is 393 g/mol. The molecule has 0 saturated carbocycles. The molecule has 0 spiro atoms. The zero-order valence-corrected chi connectivity index (χ0v) is 18.7. The number of unbranched alkanes of at least 4 members (excludes halogenated alkanes) is 5. The lowest BCUT2D eigenvalue weighted by molar-refractivity contribution is -0.0199. The van der Waals surface area contributed by atoms with Gasteiger partial charge in [-0.05, 0) is 53.9 Å². The van der Waals surface area contributed by atoms with Crippen molar-refractivity contribution in [2.75, 3.05) is 6.61 Å². The minimum atomic E-state index is 0.289. The molecular formula is C28H40O. The van der Waals surface area contributed by atoms with Gasteiger partial charge < -0.3 is 4.74 Å². The minimum absolute atomic E-state index is 0.289. The second-order valence-corrected chi connectivity index (χ2v) is 8.89. The van der Waals surface area contributed by atoms with Crippen LogP contribution >= 0.6 is 0 Å². The molecule has 1 aliphatic heterocycles. The van der Waals surface area contributed by atoms with E-state index in [4.69, 9.17) is 4.74 Å². The highest BCUT2D eigenvalue weighted by Gasteiger charge is 2.22. The van der Waals surface area contributed by atoms with E-state index >= 15 is 0 Å². The minimum Gasteiger partial charge on any atom is -0.373 e. The van der Waals surface area contributed by atoms with Crippen molar-refractivity contribution in [3.05, 3.63) is 59.7 Å². The predicted octanol–water partition coefficient (Wildman–Crippen LogP) is 8.52. The molecule has 1 heteroatoms. The molecule has 0 aromatic heterocycles. The molecule has 0 N–H and O–H groups in total. The van der Waals surface area contributed by atoms with Gasteiger partial charge in [-0.15, -0.1) is 0 Å². The van der Waals surface area contributed by atoms with Crippen LogP contribution < -0.4 is 0 Å². The summed E-state index contributed by atoms with van der Waals surface area (Å²) in [5, 5.41) is 0. The molecule has 1 fully saturated rings. The van der Waals surface area contributed by atoms with Crippen molar-refractivity contribution < 1.29 is 4.74 Å². The van der Waals surface area contributed by atoms with Crippen LogP contribution in [0.25, 0.3) is 11.1 Å². The van der Waals surface area contributed by atoms with Gasteiger partial charge in [0.25, 0.3) is 0 Å². The average Bonchev–Trinajstić information content (AvgIpc) is 2.78. The number of hydrogen-bond acceptors (Lipinski definition) is 1. The molecule has 2 aromatic carbocycles. The second-order valence-electron chi connectivity index (χ2n) is 8.89. The van der Waals surface area contributed by atoms with E-state index < -0.39 is 0 Å². The van der Waals surface area contributed by atoms with Crippen molar-refractivity contribution in [1.82, 2.24) is 0 Å². The molecule has 0 radical (unpaired) electrons. The highest BCUT2D eigenvalue weighted by Crippen LogP contribution is 2.33. The highest BCUT2D eigenvalue weighted by molar-refractivity contribution is 5.64. The lowest BCUT2D eigenvalue weighted by Crippen LogP contribution is -2.20. The Balaban J connectivity index is 1.43. The van der Waals surface area contributed by atoms with Gasteiger partial charge in [-0.1, -0.05) is 107 Å². The molecule has 0 bridgehead atoms. The lowest BCUT2D eigenvalue weighted by atomic mass is 9.90. The van der Waals surface area contributed by atoms with Gasteiger partial charge in [0, 0.05) is 0 Å². The van der Waals surface area contributed by atoms with Crippen molar-refractivity contribution in [2.45, 2.75) is 90.6 Å². The van der Waals surface area contributed by atoms with Gasteiger partial charge in [-0.2, -0.15) is 0 Å². The summed E-state index contributed by atoms with van der Waals surface area (Å²) < 4.78 is 6.26. The fraction of sp³-hybridized carbons (Fsp3) is 0.571. The zero-order valence-electron chi connectivity index (χ0n) is 18.7. The van der Waals surface area contributed by atoms with Crippen molar-refractivity contribution in [1.29, 1.82) is 0 Å². The lowest BCUT2D eigenvalue weighted by Gasteiger charge is -2.29. The first-order valence-corrected chi connectivity index (χ1v) is 12.1. The zero-order chi connectivity index (χ0) is 20.3. The van der Waals surface area contributed by atoms with E-state index in [9.17, 15) is 0 Å². The summed E-state index contributed by atoms with van der Waals surface area (Å²) in [6.45, 7) is 5.46. The Morgan fingerprint density at radius 1 is 0.724 bits per heavy atom. The van der Waals surface area contributed by atoms with Crippen LogP contribution in [0.1, 0.15) is 95.3 Å². The predicted molar refractivity (Wildman–Crippen MR) is 125 cm³/mol. The summed E-state index contributed by atoms with van der Waals surface area (Å²) in [5.74, 6) is 0.776.